The van der Waals surface area contributed by atoms with Crippen LogP contribution >= 0.6 is 0 Å². The second-order valence-electron chi connectivity index (χ2n) is 5.47. The van der Waals surface area contributed by atoms with Gasteiger partial charge in [0.25, 0.3) is 0 Å². The van der Waals surface area contributed by atoms with Crippen molar-refractivity contribution in [3.05, 3.63) is 29.5 Å². The molecule has 0 bridgehead atoms. The fourth-order valence-electron chi connectivity index (χ4n) is 2.28. The van der Waals surface area contributed by atoms with Gasteiger partial charge in [-0.1, -0.05) is 6.92 Å². The first-order chi connectivity index (χ1) is 9.52. The highest BCUT2D eigenvalue weighted by molar-refractivity contribution is 5.94. The molecule has 1 aromatic heterocycles. The number of fused-ring (bicyclic) bond motifs is 1. The maximum Gasteiger partial charge on any atom is 0.120 e. The molecule has 0 unspecified atom stereocenters. The molecule has 2 rings (SSSR count). The maximum absolute atomic E-state index is 5.80. The monoisotopic (exact) mass is 272 g/mol. The molecule has 0 saturated carbocycles. The minimum Gasteiger partial charge on any atom is -0.491 e. The molecule has 0 radical (unpaired) electrons. The number of pyridine rings is 1. The number of nitrogens with zero attached hydrogens (tertiary/aromatic N) is 1. The lowest BCUT2D eigenvalue weighted by atomic mass is 10.1. The Morgan fingerprint density at radius 2 is 2.00 bits per heavy atom. The van der Waals surface area contributed by atoms with Gasteiger partial charge in [0, 0.05) is 23.3 Å². The van der Waals surface area contributed by atoms with Gasteiger partial charge in [-0.2, -0.15) is 0 Å². The molecular formula is C17H24N2O. The Kier molecular flexibility index (Phi) is 4.48. The lowest BCUT2D eigenvalue weighted by Crippen LogP contribution is -2.07. The van der Waals surface area contributed by atoms with Crippen LogP contribution in [0, 0.1) is 13.8 Å². The lowest BCUT2D eigenvalue weighted by molar-refractivity contribution is 0.243. The molecule has 0 spiro atoms. The Bertz CT molecular complexity index is 605. The standard InChI is InChI=1S/C17H24N2O/c1-6-9-18-17-12(4)13(5)19-16-8-7-14(10-15(16)17)20-11(2)3/h7-8,10-11H,6,9H2,1-5H3,(H,18,19). The summed E-state index contributed by atoms with van der Waals surface area (Å²) < 4.78 is 5.80. The molecule has 1 N–H and O–H groups in total. The lowest BCUT2D eigenvalue weighted by Gasteiger charge is -2.16. The molecular weight excluding hydrogens is 248 g/mol. The van der Waals surface area contributed by atoms with Crippen molar-refractivity contribution in [2.24, 2.45) is 0 Å². The van der Waals surface area contributed by atoms with Gasteiger partial charge in [0.2, 0.25) is 0 Å². The van der Waals surface area contributed by atoms with E-state index >= 15 is 0 Å². The van der Waals surface area contributed by atoms with Crippen molar-refractivity contribution in [3.8, 4) is 5.75 Å². The summed E-state index contributed by atoms with van der Waals surface area (Å²) in [4.78, 5) is 4.67. The summed E-state index contributed by atoms with van der Waals surface area (Å²) in [5.74, 6) is 0.900. The van der Waals surface area contributed by atoms with Crippen molar-refractivity contribution in [1.29, 1.82) is 0 Å². The first-order valence-corrected chi connectivity index (χ1v) is 7.34. The van der Waals surface area contributed by atoms with Gasteiger partial charge in [0.15, 0.2) is 0 Å². The van der Waals surface area contributed by atoms with E-state index in [9.17, 15) is 0 Å². The summed E-state index contributed by atoms with van der Waals surface area (Å²) in [5.41, 5.74) is 4.49. The van der Waals surface area contributed by atoms with E-state index in [1.54, 1.807) is 0 Å². The van der Waals surface area contributed by atoms with E-state index in [4.69, 9.17) is 4.74 Å². The molecule has 3 nitrogen and oxygen atoms in total. The van der Waals surface area contributed by atoms with Crippen molar-refractivity contribution < 1.29 is 4.74 Å². The molecule has 0 atom stereocenters. The average Bonchev–Trinajstić information content (AvgIpc) is 2.39. The van der Waals surface area contributed by atoms with E-state index in [2.05, 4.69) is 37.1 Å². The minimum atomic E-state index is 0.180. The van der Waals surface area contributed by atoms with Crippen LogP contribution in [0.5, 0.6) is 5.75 Å². The number of anilines is 1. The van der Waals surface area contributed by atoms with Gasteiger partial charge < -0.3 is 10.1 Å². The predicted octanol–water partition coefficient (Wildman–Crippen LogP) is 4.46. The second-order valence-corrected chi connectivity index (χ2v) is 5.47. The highest BCUT2D eigenvalue weighted by atomic mass is 16.5. The van der Waals surface area contributed by atoms with Gasteiger partial charge in [-0.25, -0.2) is 0 Å². The van der Waals surface area contributed by atoms with E-state index in [0.29, 0.717) is 0 Å². The van der Waals surface area contributed by atoms with Crippen molar-refractivity contribution in [3.63, 3.8) is 0 Å². The molecule has 20 heavy (non-hydrogen) atoms. The molecule has 3 heteroatoms. The molecule has 0 fully saturated rings. The zero-order valence-corrected chi connectivity index (χ0v) is 13.1. The topological polar surface area (TPSA) is 34.2 Å². The van der Waals surface area contributed by atoms with Crippen LogP contribution < -0.4 is 10.1 Å². The van der Waals surface area contributed by atoms with Crippen LogP contribution in [-0.4, -0.2) is 17.6 Å². The van der Waals surface area contributed by atoms with Crippen LogP contribution in [0.2, 0.25) is 0 Å². The quantitative estimate of drug-likeness (QED) is 0.872. The van der Waals surface area contributed by atoms with Crippen LogP contribution in [0.1, 0.15) is 38.4 Å². The number of ether oxygens (including phenoxy) is 1. The number of rotatable bonds is 5. The zero-order valence-electron chi connectivity index (χ0n) is 13.1. The smallest absolute Gasteiger partial charge is 0.120 e. The highest BCUT2D eigenvalue weighted by Crippen LogP contribution is 2.31. The number of benzene rings is 1. The Labute approximate surface area is 121 Å². The molecule has 1 heterocycles. The molecule has 1 aromatic carbocycles. The highest BCUT2D eigenvalue weighted by Gasteiger charge is 2.10. The third-order valence-electron chi connectivity index (χ3n) is 3.37. The fraction of sp³-hybridized carbons (Fsp3) is 0.471. The first kappa shape index (κ1) is 14.6. The molecule has 0 amide bonds. The van der Waals surface area contributed by atoms with Gasteiger partial charge in [-0.3, -0.25) is 4.98 Å². The summed E-state index contributed by atoms with van der Waals surface area (Å²) in [5, 5.41) is 4.67. The Morgan fingerprint density at radius 1 is 1.25 bits per heavy atom. The van der Waals surface area contributed by atoms with Gasteiger partial charge in [0.1, 0.15) is 5.75 Å². The van der Waals surface area contributed by atoms with Gasteiger partial charge in [-0.15, -0.1) is 0 Å². The van der Waals surface area contributed by atoms with E-state index in [-0.39, 0.29) is 6.10 Å². The van der Waals surface area contributed by atoms with E-state index < -0.39 is 0 Å². The van der Waals surface area contributed by atoms with Crippen LogP contribution in [0.25, 0.3) is 10.9 Å². The number of nitrogens with one attached hydrogen (secondary N) is 1. The summed E-state index contributed by atoms with van der Waals surface area (Å²) in [7, 11) is 0. The normalized spacial score (nSPS) is 11.1. The SMILES string of the molecule is CCCNc1c(C)c(C)nc2ccc(OC(C)C)cc12. The molecule has 108 valence electrons. The van der Waals surface area contributed by atoms with Crippen LogP contribution in [0.15, 0.2) is 18.2 Å². The average molecular weight is 272 g/mol. The molecule has 0 aliphatic rings. The Balaban J connectivity index is 2.55. The van der Waals surface area contributed by atoms with E-state index in [1.165, 1.54) is 11.3 Å². The number of aromatic nitrogens is 1. The largest absolute Gasteiger partial charge is 0.491 e. The molecule has 2 aromatic rings. The van der Waals surface area contributed by atoms with Crippen molar-refractivity contribution in [2.45, 2.75) is 47.1 Å². The Hall–Kier alpha value is -1.77. The zero-order chi connectivity index (χ0) is 14.7. The predicted molar refractivity (Wildman–Crippen MR) is 85.8 cm³/mol. The van der Waals surface area contributed by atoms with Crippen LogP contribution in [-0.2, 0) is 0 Å². The minimum absolute atomic E-state index is 0.180. The molecule has 0 saturated heterocycles. The van der Waals surface area contributed by atoms with Crippen LogP contribution in [0.3, 0.4) is 0 Å². The summed E-state index contributed by atoms with van der Waals surface area (Å²) >= 11 is 0. The number of hydrogen-bond donors (Lipinski definition) is 1. The summed E-state index contributed by atoms with van der Waals surface area (Å²) in [6, 6.07) is 6.12. The van der Waals surface area contributed by atoms with Gasteiger partial charge >= 0.3 is 0 Å². The fourth-order valence-corrected chi connectivity index (χ4v) is 2.28. The van der Waals surface area contributed by atoms with Gasteiger partial charge in [-0.05, 0) is 57.9 Å². The maximum atomic E-state index is 5.80. The van der Waals surface area contributed by atoms with Crippen LogP contribution in [0.4, 0.5) is 5.69 Å². The van der Waals surface area contributed by atoms with Crippen molar-refractivity contribution in [1.82, 2.24) is 4.98 Å². The number of aryl methyl sites for hydroxylation is 1. The summed E-state index contributed by atoms with van der Waals surface area (Å²) in [6.45, 7) is 11.4. The third kappa shape index (κ3) is 3.03. The number of hydrogen-bond acceptors (Lipinski definition) is 3. The van der Waals surface area contributed by atoms with Crippen molar-refractivity contribution >= 4 is 16.6 Å². The van der Waals surface area contributed by atoms with E-state index in [0.717, 1.165) is 35.3 Å². The molecule has 0 aliphatic carbocycles. The first-order valence-electron chi connectivity index (χ1n) is 7.34. The summed E-state index contributed by atoms with van der Waals surface area (Å²) in [6.07, 6.45) is 1.28. The van der Waals surface area contributed by atoms with Crippen molar-refractivity contribution in [2.75, 3.05) is 11.9 Å². The molecule has 0 aliphatic heterocycles. The van der Waals surface area contributed by atoms with E-state index in [1.807, 2.05) is 26.0 Å². The third-order valence-corrected chi connectivity index (χ3v) is 3.37. The second kappa shape index (κ2) is 6.12. The Morgan fingerprint density at radius 3 is 2.65 bits per heavy atom. The van der Waals surface area contributed by atoms with Gasteiger partial charge in [0.05, 0.1) is 11.6 Å².